The Bertz CT molecular complexity index is 417. The Labute approximate surface area is 114 Å². The SMILES string of the molecule is CCc1oc(C(=O)N2CCCC2CN)cc1C.Cl. The third kappa shape index (κ3) is 2.70. The van der Waals surface area contributed by atoms with Gasteiger partial charge in [-0.1, -0.05) is 6.92 Å². The van der Waals surface area contributed by atoms with Gasteiger partial charge in [-0.05, 0) is 31.4 Å². The molecule has 0 bridgehead atoms. The topological polar surface area (TPSA) is 59.5 Å². The fourth-order valence-electron chi connectivity index (χ4n) is 2.47. The molecule has 0 aliphatic carbocycles. The molecular formula is C13H21ClN2O2. The number of likely N-dealkylation sites (tertiary alicyclic amines) is 1. The molecule has 102 valence electrons. The third-order valence-corrected chi connectivity index (χ3v) is 3.46. The predicted molar refractivity (Wildman–Crippen MR) is 73.2 cm³/mol. The second-order valence-corrected chi connectivity index (χ2v) is 4.60. The van der Waals surface area contributed by atoms with E-state index in [2.05, 4.69) is 0 Å². The van der Waals surface area contributed by atoms with Crippen LogP contribution < -0.4 is 5.73 Å². The zero-order valence-electron chi connectivity index (χ0n) is 10.9. The lowest BCUT2D eigenvalue weighted by atomic mass is 10.2. The first-order chi connectivity index (χ1) is 8.17. The first kappa shape index (κ1) is 15.1. The van der Waals surface area contributed by atoms with Crippen LogP contribution in [0.2, 0.25) is 0 Å². The lowest BCUT2D eigenvalue weighted by Gasteiger charge is -2.22. The monoisotopic (exact) mass is 272 g/mol. The molecular weight excluding hydrogens is 252 g/mol. The van der Waals surface area contributed by atoms with Gasteiger partial charge in [-0.15, -0.1) is 12.4 Å². The average molecular weight is 273 g/mol. The van der Waals surface area contributed by atoms with E-state index in [1.807, 2.05) is 24.8 Å². The Morgan fingerprint density at radius 3 is 2.89 bits per heavy atom. The molecule has 1 unspecified atom stereocenters. The summed E-state index contributed by atoms with van der Waals surface area (Å²) < 4.78 is 5.60. The highest BCUT2D eigenvalue weighted by Crippen LogP contribution is 2.22. The molecule has 1 saturated heterocycles. The van der Waals surface area contributed by atoms with Gasteiger partial charge < -0.3 is 15.1 Å². The van der Waals surface area contributed by atoms with E-state index in [0.717, 1.165) is 37.1 Å². The van der Waals surface area contributed by atoms with Gasteiger partial charge in [0.1, 0.15) is 5.76 Å². The fourth-order valence-corrected chi connectivity index (χ4v) is 2.47. The van der Waals surface area contributed by atoms with Gasteiger partial charge in [0.2, 0.25) is 0 Å². The summed E-state index contributed by atoms with van der Waals surface area (Å²) in [5, 5.41) is 0. The zero-order valence-corrected chi connectivity index (χ0v) is 11.8. The van der Waals surface area contributed by atoms with Crippen molar-refractivity contribution in [2.24, 2.45) is 5.73 Å². The quantitative estimate of drug-likeness (QED) is 0.917. The molecule has 2 N–H and O–H groups in total. The highest BCUT2D eigenvalue weighted by atomic mass is 35.5. The van der Waals surface area contributed by atoms with Crippen LogP contribution in [0.3, 0.4) is 0 Å². The molecule has 1 aromatic heterocycles. The minimum absolute atomic E-state index is 0. The molecule has 0 aromatic carbocycles. The Hall–Kier alpha value is -1.00. The molecule has 1 fully saturated rings. The lowest BCUT2D eigenvalue weighted by molar-refractivity contribution is 0.0707. The van der Waals surface area contributed by atoms with Crippen molar-refractivity contribution >= 4 is 18.3 Å². The summed E-state index contributed by atoms with van der Waals surface area (Å²) in [5.41, 5.74) is 6.73. The van der Waals surface area contributed by atoms with Crippen molar-refractivity contribution in [1.29, 1.82) is 0 Å². The molecule has 1 aromatic rings. The van der Waals surface area contributed by atoms with E-state index < -0.39 is 0 Å². The lowest BCUT2D eigenvalue weighted by Crippen LogP contribution is -2.39. The summed E-state index contributed by atoms with van der Waals surface area (Å²) >= 11 is 0. The third-order valence-electron chi connectivity index (χ3n) is 3.46. The first-order valence-corrected chi connectivity index (χ1v) is 6.27. The van der Waals surface area contributed by atoms with Gasteiger partial charge in [0.25, 0.3) is 5.91 Å². The Balaban J connectivity index is 0.00000162. The minimum Gasteiger partial charge on any atom is -0.456 e. The van der Waals surface area contributed by atoms with Gasteiger partial charge in [-0.2, -0.15) is 0 Å². The van der Waals surface area contributed by atoms with E-state index in [9.17, 15) is 4.79 Å². The summed E-state index contributed by atoms with van der Waals surface area (Å²) in [7, 11) is 0. The second-order valence-electron chi connectivity index (χ2n) is 4.60. The van der Waals surface area contributed by atoms with Gasteiger partial charge in [-0.3, -0.25) is 4.79 Å². The van der Waals surface area contributed by atoms with Crippen LogP contribution in [0, 0.1) is 6.92 Å². The van der Waals surface area contributed by atoms with Crippen molar-refractivity contribution < 1.29 is 9.21 Å². The van der Waals surface area contributed by atoms with Crippen molar-refractivity contribution in [1.82, 2.24) is 4.90 Å². The van der Waals surface area contributed by atoms with Gasteiger partial charge in [0.05, 0.1) is 0 Å². The van der Waals surface area contributed by atoms with Crippen LogP contribution in [0.5, 0.6) is 0 Å². The van der Waals surface area contributed by atoms with Crippen molar-refractivity contribution in [2.45, 2.75) is 39.2 Å². The number of halogens is 1. The molecule has 1 atom stereocenters. The molecule has 4 nitrogen and oxygen atoms in total. The smallest absolute Gasteiger partial charge is 0.289 e. The van der Waals surface area contributed by atoms with E-state index in [1.165, 1.54) is 0 Å². The van der Waals surface area contributed by atoms with Crippen LogP contribution in [0.25, 0.3) is 0 Å². The van der Waals surface area contributed by atoms with Crippen LogP contribution in [0.4, 0.5) is 0 Å². The number of nitrogens with zero attached hydrogens (tertiary/aromatic N) is 1. The van der Waals surface area contributed by atoms with Gasteiger partial charge >= 0.3 is 0 Å². The van der Waals surface area contributed by atoms with Crippen LogP contribution >= 0.6 is 12.4 Å². The van der Waals surface area contributed by atoms with Crippen LogP contribution in [0.1, 0.15) is 41.6 Å². The predicted octanol–water partition coefficient (Wildman–Crippen LogP) is 2.14. The van der Waals surface area contributed by atoms with Gasteiger partial charge in [0.15, 0.2) is 5.76 Å². The van der Waals surface area contributed by atoms with Crippen molar-refractivity contribution in [3.63, 3.8) is 0 Å². The molecule has 1 aliphatic heterocycles. The number of furan rings is 1. The molecule has 5 heteroatoms. The number of nitrogens with two attached hydrogens (primary N) is 1. The normalized spacial score (nSPS) is 18.8. The molecule has 0 radical (unpaired) electrons. The maximum absolute atomic E-state index is 12.3. The fraction of sp³-hybridized carbons (Fsp3) is 0.615. The zero-order chi connectivity index (χ0) is 12.4. The standard InChI is InChI=1S/C13H20N2O2.ClH/c1-3-11-9(2)7-12(17-11)13(16)15-6-4-5-10(15)8-14;/h7,10H,3-6,8,14H2,1-2H3;1H. The van der Waals surface area contributed by atoms with E-state index in [0.29, 0.717) is 12.3 Å². The Kier molecular flexibility index (Phi) is 5.23. The van der Waals surface area contributed by atoms with Crippen molar-refractivity contribution in [2.75, 3.05) is 13.1 Å². The van der Waals surface area contributed by atoms with Gasteiger partial charge in [-0.25, -0.2) is 0 Å². The number of aryl methyl sites for hydroxylation is 2. The van der Waals surface area contributed by atoms with E-state index in [4.69, 9.17) is 10.2 Å². The number of hydrogen-bond donors (Lipinski definition) is 1. The summed E-state index contributed by atoms with van der Waals surface area (Å²) in [6.07, 6.45) is 2.86. The maximum atomic E-state index is 12.3. The van der Waals surface area contributed by atoms with Crippen LogP contribution in [-0.2, 0) is 6.42 Å². The van der Waals surface area contributed by atoms with E-state index >= 15 is 0 Å². The number of carbonyl (C=O) groups is 1. The molecule has 18 heavy (non-hydrogen) atoms. The molecule has 2 rings (SSSR count). The highest BCUT2D eigenvalue weighted by Gasteiger charge is 2.30. The number of hydrogen-bond acceptors (Lipinski definition) is 3. The van der Waals surface area contributed by atoms with Crippen molar-refractivity contribution in [3.05, 3.63) is 23.2 Å². The summed E-state index contributed by atoms with van der Waals surface area (Å²) in [5.74, 6) is 1.34. The molecule has 0 spiro atoms. The second kappa shape index (κ2) is 6.25. The van der Waals surface area contributed by atoms with E-state index in [-0.39, 0.29) is 24.4 Å². The summed E-state index contributed by atoms with van der Waals surface area (Å²) in [6, 6.07) is 2.02. The van der Waals surface area contributed by atoms with E-state index in [1.54, 1.807) is 0 Å². The minimum atomic E-state index is -0.0132. The molecule has 0 saturated carbocycles. The highest BCUT2D eigenvalue weighted by molar-refractivity contribution is 5.92. The first-order valence-electron chi connectivity index (χ1n) is 6.27. The molecule has 2 heterocycles. The number of carbonyl (C=O) groups excluding carboxylic acids is 1. The Morgan fingerprint density at radius 2 is 2.33 bits per heavy atom. The van der Waals surface area contributed by atoms with Gasteiger partial charge in [0, 0.05) is 25.6 Å². The Morgan fingerprint density at radius 1 is 1.61 bits per heavy atom. The van der Waals surface area contributed by atoms with Crippen molar-refractivity contribution in [3.8, 4) is 0 Å². The maximum Gasteiger partial charge on any atom is 0.289 e. The molecule has 1 aliphatic rings. The summed E-state index contributed by atoms with van der Waals surface area (Å²) in [4.78, 5) is 14.1. The number of amides is 1. The van der Waals surface area contributed by atoms with Crippen LogP contribution in [-0.4, -0.2) is 29.9 Å². The average Bonchev–Trinajstić information content (AvgIpc) is 2.93. The summed E-state index contributed by atoms with van der Waals surface area (Å²) in [6.45, 7) is 5.33. The largest absolute Gasteiger partial charge is 0.456 e. The molecule has 1 amide bonds. The number of rotatable bonds is 3. The van der Waals surface area contributed by atoms with Crippen LogP contribution in [0.15, 0.2) is 10.5 Å².